The number of aryl methyl sites for hydroxylation is 1. The van der Waals surface area contributed by atoms with E-state index in [0.29, 0.717) is 11.4 Å². The summed E-state index contributed by atoms with van der Waals surface area (Å²) in [4.78, 5) is 24.8. The molecule has 0 aliphatic rings. The van der Waals surface area contributed by atoms with Crippen LogP contribution in [0.1, 0.15) is 21.8 Å². The van der Waals surface area contributed by atoms with E-state index in [-0.39, 0.29) is 18.8 Å². The van der Waals surface area contributed by atoms with Gasteiger partial charge in [-0.1, -0.05) is 23.4 Å². The van der Waals surface area contributed by atoms with Gasteiger partial charge in [0.1, 0.15) is 12.3 Å². The van der Waals surface area contributed by atoms with Gasteiger partial charge in [-0.05, 0) is 18.6 Å². The molecule has 0 radical (unpaired) electrons. The first-order chi connectivity index (χ1) is 9.97. The van der Waals surface area contributed by atoms with Crippen molar-refractivity contribution in [2.24, 2.45) is 5.73 Å². The number of benzene rings is 1. The minimum atomic E-state index is -0.613. The molecule has 0 atom stereocenters. The zero-order valence-electron chi connectivity index (χ0n) is 11.6. The van der Waals surface area contributed by atoms with Crippen molar-refractivity contribution in [2.75, 3.05) is 12.3 Å². The summed E-state index contributed by atoms with van der Waals surface area (Å²) < 4.78 is 4.88. The molecule has 4 N–H and O–H groups in total. The van der Waals surface area contributed by atoms with E-state index in [9.17, 15) is 9.59 Å². The average Bonchev–Trinajstić information content (AvgIpc) is 2.86. The lowest BCUT2D eigenvalue weighted by Crippen LogP contribution is -2.38. The predicted molar refractivity (Wildman–Crippen MR) is 76.0 cm³/mol. The van der Waals surface area contributed by atoms with Crippen LogP contribution in [0, 0.1) is 6.92 Å². The van der Waals surface area contributed by atoms with E-state index < -0.39 is 11.8 Å². The fourth-order valence-electron chi connectivity index (χ4n) is 1.90. The summed E-state index contributed by atoms with van der Waals surface area (Å²) in [6, 6.07) is 8.61. The second-order valence-corrected chi connectivity index (χ2v) is 4.65. The molecule has 21 heavy (non-hydrogen) atoms. The standard InChI is InChI=1S/C14H16N4O3/c1-9-6-12(17-21-9)14(20)18(8-13(16)19)7-10-4-2-3-5-11(10)15/h2-6H,7-8,15H2,1H3,(H2,16,19). The molecule has 0 fully saturated rings. The van der Waals surface area contributed by atoms with E-state index in [1.165, 1.54) is 11.0 Å². The Hall–Kier alpha value is -2.83. The highest BCUT2D eigenvalue weighted by atomic mass is 16.5. The lowest BCUT2D eigenvalue weighted by molar-refractivity contribution is -0.118. The molecule has 110 valence electrons. The average molecular weight is 288 g/mol. The molecule has 0 unspecified atom stereocenters. The Bertz CT molecular complexity index is 666. The number of hydrogen-bond donors (Lipinski definition) is 2. The monoisotopic (exact) mass is 288 g/mol. The van der Waals surface area contributed by atoms with Gasteiger partial charge in [0.15, 0.2) is 5.69 Å². The number of aromatic nitrogens is 1. The Labute approximate surface area is 121 Å². The number of anilines is 1. The number of nitrogen functional groups attached to an aromatic ring is 1. The minimum Gasteiger partial charge on any atom is -0.398 e. The van der Waals surface area contributed by atoms with Crippen LogP contribution in [-0.2, 0) is 11.3 Å². The van der Waals surface area contributed by atoms with Crippen molar-refractivity contribution in [3.05, 3.63) is 47.3 Å². The fraction of sp³-hybridized carbons (Fsp3) is 0.214. The summed E-state index contributed by atoms with van der Waals surface area (Å²) >= 11 is 0. The maximum absolute atomic E-state index is 12.4. The smallest absolute Gasteiger partial charge is 0.276 e. The second kappa shape index (κ2) is 6.08. The third kappa shape index (κ3) is 3.59. The van der Waals surface area contributed by atoms with Crippen LogP contribution in [0.15, 0.2) is 34.9 Å². The Morgan fingerprint density at radius 1 is 1.33 bits per heavy atom. The second-order valence-electron chi connectivity index (χ2n) is 4.65. The summed E-state index contributed by atoms with van der Waals surface area (Å²) in [6.07, 6.45) is 0. The van der Waals surface area contributed by atoms with Crippen molar-refractivity contribution in [1.82, 2.24) is 10.1 Å². The number of amides is 2. The van der Waals surface area contributed by atoms with Crippen LogP contribution in [0.5, 0.6) is 0 Å². The Morgan fingerprint density at radius 2 is 2.05 bits per heavy atom. The zero-order chi connectivity index (χ0) is 15.4. The number of nitrogens with zero attached hydrogens (tertiary/aromatic N) is 2. The van der Waals surface area contributed by atoms with Crippen molar-refractivity contribution >= 4 is 17.5 Å². The molecule has 2 rings (SSSR count). The number of rotatable bonds is 5. The normalized spacial score (nSPS) is 10.3. The topological polar surface area (TPSA) is 115 Å². The highest BCUT2D eigenvalue weighted by Gasteiger charge is 2.21. The van der Waals surface area contributed by atoms with E-state index in [2.05, 4.69) is 5.16 Å². The third-order valence-corrected chi connectivity index (χ3v) is 2.90. The molecule has 1 aromatic carbocycles. The van der Waals surface area contributed by atoms with E-state index in [1.807, 2.05) is 0 Å². The Morgan fingerprint density at radius 3 is 2.62 bits per heavy atom. The summed E-state index contributed by atoms with van der Waals surface area (Å²) in [7, 11) is 0. The molecule has 0 saturated carbocycles. The number of carbonyl (C=O) groups is 2. The third-order valence-electron chi connectivity index (χ3n) is 2.90. The van der Waals surface area contributed by atoms with Crippen LogP contribution in [0.4, 0.5) is 5.69 Å². The van der Waals surface area contributed by atoms with Gasteiger partial charge < -0.3 is 20.9 Å². The molecule has 7 heteroatoms. The van der Waals surface area contributed by atoms with E-state index in [1.54, 1.807) is 31.2 Å². The molecular weight excluding hydrogens is 272 g/mol. The molecule has 0 saturated heterocycles. The van der Waals surface area contributed by atoms with Crippen LogP contribution in [0.2, 0.25) is 0 Å². The summed E-state index contributed by atoms with van der Waals surface area (Å²) in [5.41, 5.74) is 12.4. The Kier molecular flexibility index (Phi) is 4.22. The lowest BCUT2D eigenvalue weighted by atomic mass is 10.1. The van der Waals surface area contributed by atoms with Crippen molar-refractivity contribution in [1.29, 1.82) is 0 Å². The van der Waals surface area contributed by atoms with Crippen molar-refractivity contribution in [2.45, 2.75) is 13.5 Å². The van der Waals surface area contributed by atoms with Gasteiger partial charge in [-0.3, -0.25) is 9.59 Å². The van der Waals surface area contributed by atoms with Gasteiger partial charge in [0.05, 0.1) is 0 Å². The predicted octanol–water partition coefficient (Wildman–Crippen LogP) is 0.693. The van der Waals surface area contributed by atoms with Gasteiger partial charge in [0.2, 0.25) is 5.91 Å². The van der Waals surface area contributed by atoms with Crippen molar-refractivity contribution in [3.63, 3.8) is 0 Å². The molecule has 2 aromatic rings. The van der Waals surface area contributed by atoms with Crippen LogP contribution in [-0.4, -0.2) is 28.4 Å². The number of carbonyl (C=O) groups excluding carboxylic acids is 2. The summed E-state index contributed by atoms with van der Waals surface area (Å²) in [5.74, 6) is -0.538. The number of primary amides is 1. The van der Waals surface area contributed by atoms with Gasteiger partial charge in [0, 0.05) is 18.3 Å². The summed E-state index contributed by atoms with van der Waals surface area (Å²) in [5, 5.41) is 3.66. The fourth-order valence-corrected chi connectivity index (χ4v) is 1.90. The molecule has 0 aliphatic carbocycles. The van der Waals surface area contributed by atoms with Crippen molar-refractivity contribution in [3.8, 4) is 0 Å². The van der Waals surface area contributed by atoms with Crippen LogP contribution in [0.3, 0.4) is 0 Å². The lowest BCUT2D eigenvalue weighted by Gasteiger charge is -2.20. The maximum Gasteiger partial charge on any atom is 0.276 e. The van der Waals surface area contributed by atoms with Gasteiger partial charge in [-0.2, -0.15) is 0 Å². The Balaban J connectivity index is 2.24. The quantitative estimate of drug-likeness (QED) is 0.785. The van der Waals surface area contributed by atoms with E-state index in [4.69, 9.17) is 16.0 Å². The maximum atomic E-state index is 12.4. The first-order valence-corrected chi connectivity index (χ1v) is 6.31. The highest BCUT2D eigenvalue weighted by Crippen LogP contribution is 2.15. The van der Waals surface area contributed by atoms with Crippen LogP contribution in [0.25, 0.3) is 0 Å². The number of para-hydroxylation sites is 1. The first kappa shape index (κ1) is 14.6. The van der Waals surface area contributed by atoms with Crippen LogP contribution < -0.4 is 11.5 Å². The highest BCUT2D eigenvalue weighted by molar-refractivity contribution is 5.94. The molecule has 0 spiro atoms. The van der Waals surface area contributed by atoms with E-state index in [0.717, 1.165) is 5.56 Å². The van der Waals surface area contributed by atoms with Gasteiger partial charge in [0.25, 0.3) is 5.91 Å². The van der Waals surface area contributed by atoms with E-state index >= 15 is 0 Å². The van der Waals surface area contributed by atoms with Crippen LogP contribution >= 0.6 is 0 Å². The molecule has 1 aromatic heterocycles. The van der Waals surface area contributed by atoms with Gasteiger partial charge in [-0.25, -0.2) is 0 Å². The number of nitrogens with two attached hydrogens (primary N) is 2. The molecular formula is C14H16N4O3. The molecule has 0 aliphatic heterocycles. The molecule has 1 heterocycles. The SMILES string of the molecule is Cc1cc(C(=O)N(CC(N)=O)Cc2ccccc2N)no1. The zero-order valence-corrected chi connectivity index (χ0v) is 11.6. The van der Waals surface area contributed by atoms with Crippen molar-refractivity contribution < 1.29 is 14.1 Å². The summed E-state index contributed by atoms with van der Waals surface area (Å²) in [6.45, 7) is 1.62. The van der Waals surface area contributed by atoms with Gasteiger partial charge >= 0.3 is 0 Å². The number of hydrogen-bond acceptors (Lipinski definition) is 5. The molecule has 0 bridgehead atoms. The first-order valence-electron chi connectivity index (χ1n) is 6.31. The van der Waals surface area contributed by atoms with Gasteiger partial charge in [-0.15, -0.1) is 0 Å². The largest absolute Gasteiger partial charge is 0.398 e. The minimum absolute atomic E-state index is 0.128. The molecule has 2 amide bonds. The molecule has 7 nitrogen and oxygen atoms in total.